The van der Waals surface area contributed by atoms with E-state index in [0.29, 0.717) is 44.0 Å². The zero-order valence-electron chi connectivity index (χ0n) is 13.6. The predicted octanol–water partition coefficient (Wildman–Crippen LogP) is 1.65. The maximum Gasteiger partial charge on any atom is 0.223 e. The molecule has 0 aliphatic heterocycles. The van der Waals surface area contributed by atoms with Gasteiger partial charge in [0.05, 0.1) is 13.2 Å². The number of hydrogen-bond acceptors (Lipinski definition) is 5. The minimum absolute atomic E-state index is 0.373. The second-order valence-electron chi connectivity index (χ2n) is 4.89. The number of benzene rings is 1. The largest absolute Gasteiger partial charge is 0.375 e. The Morgan fingerprint density at radius 1 is 1.26 bits per heavy atom. The molecule has 2 N–H and O–H groups in total. The number of nitrogens with zero attached hydrogens (tertiary/aromatic N) is 3. The first kappa shape index (κ1) is 17.0. The lowest BCUT2D eigenvalue weighted by molar-refractivity contribution is 0.125. The number of rotatable bonds is 8. The van der Waals surface area contributed by atoms with E-state index in [4.69, 9.17) is 9.26 Å². The summed E-state index contributed by atoms with van der Waals surface area (Å²) in [5.74, 6) is 1.82. The lowest BCUT2D eigenvalue weighted by Crippen LogP contribution is -2.39. The van der Waals surface area contributed by atoms with Gasteiger partial charge in [-0.25, -0.2) is 4.99 Å². The van der Waals surface area contributed by atoms with E-state index in [-0.39, 0.29) is 0 Å². The van der Waals surface area contributed by atoms with Crippen LogP contribution in [0.1, 0.15) is 24.2 Å². The quantitative estimate of drug-likeness (QED) is 0.437. The second kappa shape index (κ2) is 9.58. The highest BCUT2D eigenvalue weighted by atomic mass is 16.5. The number of ether oxygens (including phenoxy) is 1. The summed E-state index contributed by atoms with van der Waals surface area (Å²) in [4.78, 5) is 8.53. The van der Waals surface area contributed by atoms with E-state index >= 15 is 0 Å². The molecule has 2 rings (SSSR count). The lowest BCUT2D eigenvalue weighted by Gasteiger charge is -2.11. The Labute approximate surface area is 136 Å². The van der Waals surface area contributed by atoms with Crippen LogP contribution in [0.4, 0.5) is 0 Å². The van der Waals surface area contributed by atoms with Crippen LogP contribution in [-0.2, 0) is 17.9 Å². The van der Waals surface area contributed by atoms with Crippen LogP contribution < -0.4 is 10.6 Å². The van der Waals surface area contributed by atoms with E-state index in [1.54, 1.807) is 6.92 Å². The van der Waals surface area contributed by atoms with Crippen molar-refractivity contribution >= 4 is 5.96 Å². The zero-order chi connectivity index (χ0) is 16.3. The highest BCUT2D eigenvalue weighted by Crippen LogP contribution is 1.99. The number of hydrogen-bond donors (Lipinski definition) is 2. The van der Waals surface area contributed by atoms with Crippen LogP contribution in [0.5, 0.6) is 0 Å². The third-order valence-electron chi connectivity index (χ3n) is 2.94. The van der Waals surface area contributed by atoms with Crippen LogP contribution in [0, 0.1) is 6.92 Å². The summed E-state index contributed by atoms with van der Waals surface area (Å²) in [6.07, 6.45) is 0. The molecular weight excluding hydrogens is 294 g/mol. The number of nitrogens with one attached hydrogen (secondary N) is 2. The van der Waals surface area contributed by atoms with Gasteiger partial charge in [0, 0.05) is 20.0 Å². The van der Waals surface area contributed by atoms with Crippen molar-refractivity contribution in [2.75, 3.05) is 19.7 Å². The Bertz CT molecular complexity index is 598. The van der Waals surface area contributed by atoms with Gasteiger partial charge in [-0.2, -0.15) is 4.98 Å². The van der Waals surface area contributed by atoms with E-state index in [0.717, 1.165) is 6.54 Å². The Hall–Kier alpha value is -2.41. The van der Waals surface area contributed by atoms with Gasteiger partial charge in [0.15, 0.2) is 11.8 Å². The van der Waals surface area contributed by atoms with E-state index in [9.17, 15) is 0 Å². The first-order chi connectivity index (χ1) is 11.3. The van der Waals surface area contributed by atoms with Gasteiger partial charge in [0.2, 0.25) is 5.89 Å². The molecule has 1 aromatic heterocycles. The maximum atomic E-state index is 5.63. The third kappa shape index (κ3) is 6.48. The van der Waals surface area contributed by atoms with E-state index in [1.807, 2.05) is 37.3 Å². The Balaban J connectivity index is 1.69. The Morgan fingerprint density at radius 3 is 2.78 bits per heavy atom. The van der Waals surface area contributed by atoms with Crippen molar-refractivity contribution < 1.29 is 9.26 Å². The highest BCUT2D eigenvalue weighted by molar-refractivity contribution is 5.79. The van der Waals surface area contributed by atoms with Gasteiger partial charge in [0.25, 0.3) is 0 Å². The normalized spacial score (nSPS) is 11.5. The molecule has 0 aliphatic rings. The minimum atomic E-state index is 0.373. The van der Waals surface area contributed by atoms with Crippen molar-refractivity contribution in [3.8, 4) is 0 Å². The molecule has 124 valence electrons. The fraction of sp³-hybridized carbons (Fsp3) is 0.438. The molecule has 1 heterocycles. The van der Waals surface area contributed by atoms with Crippen molar-refractivity contribution in [2.45, 2.75) is 27.0 Å². The Morgan fingerprint density at radius 2 is 2.09 bits per heavy atom. The van der Waals surface area contributed by atoms with Crippen LogP contribution in [0.2, 0.25) is 0 Å². The SMILES string of the molecule is CCNC(=NCc1noc(C)n1)NCCOCc1ccccc1. The van der Waals surface area contributed by atoms with Crippen molar-refractivity contribution in [3.05, 3.63) is 47.6 Å². The van der Waals surface area contributed by atoms with Crippen molar-refractivity contribution in [2.24, 2.45) is 4.99 Å². The minimum Gasteiger partial charge on any atom is -0.375 e. The molecule has 0 amide bonds. The van der Waals surface area contributed by atoms with Gasteiger partial charge in [-0.05, 0) is 12.5 Å². The molecule has 0 fully saturated rings. The summed E-state index contributed by atoms with van der Waals surface area (Å²) < 4.78 is 10.6. The van der Waals surface area contributed by atoms with Crippen LogP contribution in [-0.4, -0.2) is 35.8 Å². The van der Waals surface area contributed by atoms with Crippen molar-refractivity contribution in [3.63, 3.8) is 0 Å². The first-order valence-electron chi connectivity index (χ1n) is 7.71. The molecule has 0 spiro atoms. The van der Waals surface area contributed by atoms with Crippen molar-refractivity contribution in [1.29, 1.82) is 0 Å². The third-order valence-corrected chi connectivity index (χ3v) is 2.94. The monoisotopic (exact) mass is 317 g/mol. The first-order valence-corrected chi connectivity index (χ1v) is 7.71. The maximum absolute atomic E-state index is 5.63. The molecule has 0 saturated carbocycles. The molecule has 7 nitrogen and oxygen atoms in total. The molecule has 0 radical (unpaired) electrons. The van der Waals surface area contributed by atoms with Crippen molar-refractivity contribution in [1.82, 2.24) is 20.8 Å². The average Bonchev–Trinajstić information content (AvgIpc) is 2.98. The standard InChI is InChI=1S/C16H23N5O2/c1-3-17-16(19-11-15-20-13(2)23-21-15)18-9-10-22-12-14-7-5-4-6-8-14/h4-8H,3,9-12H2,1-2H3,(H2,17,18,19). The summed E-state index contributed by atoms with van der Waals surface area (Å²) in [5.41, 5.74) is 1.17. The second-order valence-corrected chi connectivity index (χ2v) is 4.89. The van der Waals surface area contributed by atoms with E-state index in [2.05, 4.69) is 25.8 Å². The van der Waals surface area contributed by atoms with Gasteiger partial charge < -0.3 is 19.9 Å². The summed E-state index contributed by atoms with van der Waals surface area (Å²) in [7, 11) is 0. The fourth-order valence-electron chi connectivity index (χ4n) is 1.90. The number of aliphatic imine (C=N–C) groups is 1. The van der Waals surface area contributed by atoms with Crippen LogP contribution in [0.15, 0.2) is 39.8 Å². The fourth-order valence-corrected chi connectivity index (χ4v) is 1.90. The predicted molar refractivity (Wildman–Crippen MR) is 88.0 cm³/mol. The summed E-state index contributed by atoms with van der Waals surface area (Å²) in [5, 5.41) is 10.2. The number of aryl methyl sites for hydroxylation is 1. The van der Waals surface area contributed by atoms with Gasteiger partial charge >= 0.3 is 0 Å². The molecule has 0 atom stereocenters. The van der Waals surface area contributed by atoms with Crippen LogP contribution in [0.3, 0.4) is 0 Å². The van der Waals surface area contributed by atoms with Gasteiger partial charge in [-0.1, -0.05) is 35.5 Å². The molecule has 2 aromatic rings. The zero-order valence-corrected chi connectivity index (χ0v) is 13.6. The molecule has 0 unspecified atom stereocenters. The smallest absolute Gasteiger partial charge is 0.223 e. The molecule has 0 aliphatic carbocycles. The topological polar surface area (TPSA) is 84.6 Å². The molecule has 1 aromatic carbocycles. The van der Waals surface area contributed by atoms with Gasteiger partial charge in [-0.15, -0.1) is 0 Å². The summed E-state index contributed by atoms with van der Waals surface area (Å²) >= 11 is 0. The van der Waals surface area contributed by atoms with E-state index in [1.165, 1.54) is 5.56 Å². The molecule has 0 bridgehead atoms. The molecule has 23 heavy (non-hydrogen) atoms. The van der Waals surface area contributed by atoms with Gasteiger partial charge in [0.1, 0.15) is 6.54 Å². The number of guanidine groups is 1. The van der Waals surface area contributed by atoms with Crippen LogP contribution in [0.25, 0.3) is 0 Å². The summed E-state index contributed by atoms with van der Waals surface area (Å²) in [6.45, 7) is 6.80. The van der Waals surface area contributed by atoms with E-state index < -0.39 is 0 Å². The highest BCUT2D eigenvalue weighted by Gasteiger charge is 2.02. The molecular formula is C16H23N5O2. The summed E-state index contributed by atoms with van der Waals surface area (Å²) in [6, 6.07) is 10.1. The number of aromatic nitrogens is 2. The van der Waals surface area contributed by atoms with Crippen LogP contribution >= 0.6 is 0 Å². The Kier molecular flexibility index (Phi) is 7.06. The average molecular weight is 317 g/mol. The molecule has 7 heteroatoms. The molecule has 0 saturated heterocycles. The lowest BCUT2D eigenvalue weighted by atomic mass is 10.2. The van der Waals surface area contributed by atoms with Gasteiger partial charge in [-0.3, -0.25) is 0 Å².